The van der Waals surface area contributed by atoms with E-state index in [0.717, 1.165) is 19.3 Å². The highest BCUT2D eigenvalue weighted by Crippen LogP contribution is 2.46. The Hall–Kier alpha value is -0.770. The van der Waals surface area contributed by atoms with Crippen LogP contribution in [0.3, 0.4) is 0 Å². The lowest BCUT2D eigenvalue weighted by Gasteiger charge is -2.34. The van der Waals surface area contributed by atoms with Crippen LogP contribution in [0, 0.1) is 5.92 Å². The van der Waals surface area contributed by atoms with Gasteiger partial charge in [0.05, 0.1) is 5.54 Å². The predicted molar refractivity (Wildman–Crippen MR) is 62.0 cm³/mol. The largest absolute Gasteiger partial charge is 0.444 e. The van der Waals surface area contributed by atoms with E-state index in [0.29, 0.717) is 5.92 Å². The van der Waals surface area contributed by atoms with Crippen LogP contribution in [0.25, 0.3) is 0 Å². The summed E-state index contributed by atoms with van der Waals surface area (Å²) in [5.41, 5.74) is 5.47. The maximum Gasteiger partial charge on any atom is 0.408 e. The average Bonchev–Trinajstić information content (AvgIpc) is 2.56. The number of alkyl carbamates (subject to hydrolysis) is 1. The lowest BCUT2D eigenvalue weighted by molar-refractivity contribution is 0.0447. The number of nitrogens with one attached hydrogen (secondary N) is 1. The molecule has 0 spiro atoms. The Morgan fingerprint density at radius 2 is 2.19 bits per heavy atom. The minimum Gasteiger partial charge on any atom is -0.444 e. The Kier molecular flexibility index (Phi) is 2.65. The Bertz CT molecular complexity index is 298. The van der Waals surface area contributed by atoms with Gasteiger partial charge >= 0.3 is 6.09 Å². The standard InChI is InChI=1S/C12H22N2O2/c1-11(2,3)16-10(15)14-12-5-4-8(7-12)6-9(12)13/h8-9H,4-7,13H2,1-3H3,(H,14,15). The van der Waals surface area contributed by atoms with E-state index in [1.54, 1.807) is 0 Å². The van der Waals surface area contributed by atoms with Crippen LogP contribution in [-0.2, 0) is 4.74 Å². The summed E-state index contributed by atoms with van der Waals surface area (Å²) in [5.74, 6) is 0.699. The second kappa shape index (κ2) is 3.62. The van der Waals surface area contributed by atoms with Crippen LogP contribution >= 0.6 is 0 Å². The van der Waals surface area contributed by atoms with Crippen molar-refractivity contribution < 1.29 is 9.53 Å². The predicted octanol–water partition coefficient (Wildman–Crippen LogP) is 1.78. The number of nitrogens with two attached hydrogens (primary N) is 1. The van der Waals surface area contributed by atoms with Crippen molar-refractivity contribution in [3.05, 3.63) is 0 Å². The molecule has 16 heavy (non-hydrogen) atoms. The summed E-state index contributed by atoms with van der Waals surface area (Å²) in [7, 11) is 0. The van der Waals surface area contributed by atoms with Gasteiger partial charge in [0.2, 0.25) is 0 Å². The fourth-order valence-corrected chi connectivity index (χ4v) is 3.02. The number of fused-ring (bicyclic) bond motifs is 2. The first kappa shape index (κ1) is 11.7. The molecule has 0 aromatic heterocycles. The van der Waals surface area contributed by atoms with Gasteiger partial charge in [-0.15, -0.1) is 0 Å². The molecule has 3 N–H and O–H groups in total. The number of hydrogen-bond donors (Lipinski definition) is 2. The molecule has 3 unspecified atom stereocenters. The smallest absolute Gasteiger partial charge is 0.408 e. The molecule has 2 fully saturated rings. The van der Waals surface area contributed by atoms with E-state index in [4.69, 9.17) is 10.5 Å². The SMILES string of the molecule is CC(C)(C)OC(=O)NC12CCC(CC1N)C2. The summed E-state index contributed by atoms with van der Waals surface area (Å²) in [5, 5.41) is 3.00. The minimum atomic E-state index is -0.443. The second-order valence-corrected chi connectivity index (χ2v) is 6.23. The summed E-state index contributed by atoms with van der Waals surface area (Å²) < 4.78 is 5.29. The van der Waals surface area contributed by atoms with Gasteiger partial charge in [-0.1, -0.05) is 0 Å². The number of hydrogen-bond acceptors (Lipinski definition) is 3. The molecule has 0 aromatic rings. The van der Waals surface area contributed by atoms with Crippen LogP contribution in [0.5, 0.6) is 0 Å². The summed E-state index contributed by atoms with van der Waals surface area (Å²) >= 11 is 0. The van der Waals surface area contributed by atoms with Crippen molar-refractivity contribution in [3.63, 3.8) is 0 Å². The van der Waals surface area contributed by atoms with Gasteiger partial charge in [-0.25, -0.2) is 4.79 Å². The minimum absolute atomic E-state index is 0.0961. The van der Waals surface area contributed by atoms with Gasteiger partial charge < -0.3 is 15.8 Å². The zero-order valence-electron chi connectivity index (χ0n) is 10.4. The third kappa shape index (κ3) is 2.17. The van der Waals surface area contributed by atoms with Gasteiger partial charge in [-0.3, -0.25) is 0 Å². The van der Waals surface area contributed by atoms with Crippen LogP contribution in [0.2, 0.25) is 0 Å². The Morgan fingerprint density at radius 3 is 2.62 bits per heavy atom. The molecular formula is C12H22N2O2. The van der Waals surface area contributed by atoms with E-state index < -0.39 is 5.60 Å². The van der Waals surface area contributed by atoms with Crippen LogP contribution in [0.4, 0.5) is 4.79 Å². The third-order valence-corrected chi connectivity index (χ3v) is 3.70. The van der Waals surface area contributed by atoms with E-state index in [-0.39, 0.29) is 17.7 Å². The van der Waals surface area contributed by atoms with Crippen molar-refractivity contribution in [2.24, 2.45) is 11.7 Å². The van der Waals surface area contributed by atoms with Crippen LogP contribution in [-0.4, -0.2) is 23.3 Å². The quantitative estimate of drug-likeness (QED) is 0.716. The maximum absolute atomic E-state index is 11.8. The summed E-state index contributed by atoms with van der Waals surface area (Å²) in [6.45, 7) is 5.61. The number of ether oxygens (including phenoxy) is 1. The first-order valence-electron chi connectivity index (χ1n) is 6.07. The number of rotatable bonds is 1. The fraction of sp³-hybridized carbons (Fsp3) is 0.917. The van der Waals surface area contributed by atoms with Crippen molar-refractivity contribution in [1.82, 2.24) is 5.32 Å². The van der Waals surface area contributed by atoms with Crippen LogP contribution in [0.1, 0.15) is 46.5 Å². The lowest BCUT2D eigenvalue weighted by Crippen LogP contribution is -2.57. The Balaban J connectivity index is 1.96. The molecule has 1 amide bonds. The molecule has 0 heterocycles. The van der Waals surface area contributed by atoms with Gasteiger partial charge in [0.15, 0.2) is 0 Å². The zero-order chi connectivity index (χ0) is 12.0. The van der Waals surface area contributed by atoms with Crippen molar-refractivity contribution >= 4 is 6.09 Å². The topological polar surface area (TPSA) is 64.3 Å². The molecule has 2 bridgehead atoms. The average molecular weight is 226 g/mol. The maximum atomic E-state index is 11.8. The van der Waals surface area contributed by atoms with Gasteiger partial charge in [0.1, 0.15) is 5.60 Å². The van der Waals surface area contributed by atoms with E-state index in [9.17, 15) is 4.79 Å². The highest BCUT2D eigenvalue weighted by molar-refractivity contribution is 5.69. The molecule has 0 aromatic carbocycles. The summed E-state index contributed by atoms with van der Waals surface area (Å²) in [6.07, 6.45) is 3.91. The molecule has 2 aliphatic rings. The summed E-state index contributed by atoms with van der Waals surface area (Å²) in [4.78, 5) is 11.8. The van der Waals surface area contributed by atoms with Gasteiger partial charge in [0, 0.05) is 6.04 Å². The molecule has 2 aliphatic carbocycles. The highest BCUT2D eigenvalue weighted by Gasteiger charge is 2.51. The van der Waals surface area contributed by atoms with E-state index in [1.807, 2.05) is 20.8 Å². The van der Waals surface area contributed by atoms with Gasteiger partial charge in [0.25, 0.3) is 0 Å². The van der Waals surface area contributed by atoms with Crippen LogP contribution < -0.4 is 11.1 Å². The molecule has 2 rings (SSSR count). The molecule has 2 saturated carbocycles. The van der Waals surface area contributed by atoms with Crippen molar-refractivity contribution in [2.75, 3.05) is 0 Å². The molecule has 3 atom stereocenters. The molecule has 92 valence electrons. The second-order valence-electron chi connectivity index (χ2n) is 6.23. The highest BCUT2D eigenvalue weighted by atomic mass is 16.6. The lowest BCUT2D eigenvalue weighted by atomic mass is 9.89. The molecular weight excluding hydrogens is 204 g/mol. The normalized spacial score (nSPS) is 37.5. The van der Waals surface area contributed by atoms with Crippen molar-refractivity contribution in [3.8, 4) is 0 Å². The first-order valence-corrected chi connectivity index (χ1v) is 6.07. The van der Waals surface area contributed by atoms with E-state index >= 15 is 0 Å². The molecule has 4 nitrogen and oxygen atoms in total. The van der Waals surface area contributed by atoms with Crippen molar-refractivity contribution in [1.29, 1.82) is 0 Å². The number of carbonyl (C=O) groups excluding carboxylic acids is 1. The van der Waals surface area contributed by atoms with Crippen molar-refractivity contribution in [2.45, 2.75) is 63.6 Å². The molecule has 0 aliphatic heterocycles. The third-order valence-electron chi connectivity index (χ3n) is 3.70. The van der Waals surface area contributed by atoms with Gasteiger partial charge in [-0.05, 0) is 52.4 Å². The van der Waals surface area contributed by atoms with Crippen LogP contribution in [0.15, 0.2) is 0 Å². The molecule has 0 radical (unpaired) electrons. The molecule has 4 heteroatoms. The summed E-state index contributed by atoms with van der Waals surface area (Å²) in [6, 6.07) is 0.0961. The molecule has 0 saturated heterocycles. The number of amides is 1. The van der Waals surface area contributed by atoms with E-state index in [1.165, 1.54) is 6.42 Å². The zero-order valence-corrected chi connectivity index (χ0v) is 10.4. The number of carbonyl (C=O) groups is 1. The Morgan fingerprint density at radius 1 is 1.50 bits per heavy atom. The first-order chi connectivity index (χ1) is 7.31. The fourth-order valence-electron chi connectivity index (χ4n) is 3.02. The Labute approximate surface area is 96.9 Å². The monoisotopic (exact) mass is 226 g/mol. The van der Waals surface area contributed by atoms with Gasteiger partial charge in [-0.2, -0.15) is 0 Å². The van der Waals surface area contributed by atoms with E-state index in [2.05, 4.69) is 5.32 Å².